The van der Waals surface area contributed by atoms with Crippen LogP contribution in [0.15, 0.2) is 29.2 Å². The number of amides is 1. The summed E-state index contributed by atoms with van der Waals surface area (Å²) in [4.78, 5) is 35.3. The van der Waals surface area contributed by atoms with Crippen molar-refractivity contribution < 1.29 is 24.2 Å². The number of carboxylic acid groups (broad SMARTS) is 1. The number of carbonyl (C=O) groups is 3. The van der Waals surface area contributed by atoms with Crippen LogP contribution in [0.3, 0.4) is 0 Å². The fourth-order valence-corrected chi connectivity index (χ4v) is 3.01. The Labute approximate surface area is 135 Å². The Kier molecular flexibility index (Phi) is 4.94. The molecule has 0 aromatic heterocycles. The van der Waals surface area contributed by atoms with Crippen LogP contribution in [-0.4, -0.2) is 40.7 Å². The van der Waals surface area contributed by atoms with Gasteiger partial charge in [0, 0.05) is 0 Å². The molecule has 22 heavy (non-hydrogen) atoms. The van der Waals surface area contributed by atoms with Crippen molar-refractivity contribution in [1.82, 2.24) is 4.90 Å². The molecule has 1 aliphatic heterocycles. The Morgan fingerprint density at radius 2 is 2.00 bits per heavy atom. The molecule has 1 aromatic rings. The quantitative estimate of drug-likeness (QED) is 0.447. The molecule has 0 saturated carbocycles. The first-order chi connectivity index (χ1) is 10.4. The number of ether oxygens (including phenoxy) is 1. The predicted molar refractivity (Wildman–Crippen MR) is 82.7 cm³/mol. The smallest absolute Gasteiger partial charge is 0.337 e. The Morgan fingerprint density at radius 3 is 2.55 bits per heavy atom. The van der Waals surface area contributed by atoms with Crippen LogP contribution < -0.4 is 5.11 Å². The van der Waals surface area contributed by atoms with Crippen molar-refractivity contribution in [3.63, 3.8) is 0 Å². The molecular formula is C14H10NO5S2-. The fraction of sp³-hybridized carbons (Fsp3) is 0.143. The zero-order valence-corrected chi connectivity index (χ0v) is 13.0. The topological polar surface area (TPSA) is 86.7 Å². The molecule has 114 valence electrons. The van der Waals surface area contributed by atoms with Crippen LogP contribution in [0.2, 0.25) is 0 Å². The number of esters is 1. The maximum Gasteiger partial charge on any atom is 0.337 e. The van der Waals surface area contributed by atoms with Gasteiger partial charge in [-0.2, -0.15) is 0 Å². The summed E-state index contributed by atoms with van der Waals surface area (Å²) in [6.45, 7) is -0.566. The van der Waals surface area contributed by atoms with E-state index in [1.165, 1.54) is 7.11 Å². The first kappa shape index (κ1) is 16.2. The summed E-state index contributed by atoms with van der Waals surface area (Å²) in [6.07, 6.45) is 1.58. The Balaban J connectivity index is 2.19. The molecule has 6 nitrogen and oxygen atoms in total. The number of benzene rings is 1. The number of nitrogens with zero attached hydrogens (tertiary/aromatic N) is 1. The molecule has 1 aliphatic rings. The molecule has 1 fully saturated rings. The van der Waals surface area contributed by atoms with Crippen LogP contribution in [0.25, 0.3) is 6.08 Å². The summed E-state index contributed by atoms with van der Waals surface area (Å²) in [6, 6.07) is 6.44. The molecule has 1 saturated heterocycles. The van der Waals surface area contributed by atoms with E-state index in [4.69, 9.17) is 12.2 Å². The number of methoxy groups -OCH3 is 1. The molecule has 0 aliphatic carbocycles. The highest BCUT2D eigenvalue weighted by Crippen LogP contribution is 2.32. The van der Waals surface area contributed by atoms with Gasteiger partial charge in [-0.3, -0.25) is 9.69 Å². The summed E-state index contributed by atoms with van der Waals surface area (Å²) in [5.41, 5.74) is 1.07. The third-order valence-corrected chi connectivity index (χ3v) is 4.17. The van der Waals surface area contributed by atoms with Crippen molar-refractivity contribution in [2.75, 3.05) is 13.7 Å². The maximum atomic E-state index is 12.1. The number of hydrogen-bond donors (Lipinski definition) is 0. The van der Waals surface area contributed by atoms with Gasteiger partial charge in [-0.05, 0) is 23.8 Å². The molecule has 1 amide bonds. The van der Waals surface area contributed by atoms with Crippen LogP contribution in [0.5, 0.6) is 0 Å². The van der Waals surface area contributed by atoms with E-state index in [0.29, 0.717) is 16.0 Å². The first-order valence-electron chi connectivity index (χ1n) is 6.06. The van der Waals surface area contributed by atoms with E-state index in [0.717, 1.165) is 16.7 Å². The molecule has 2 rings (SSSR count). The molecule has 8 heteroatoms. The number of thiocarbonyl (C=S) groups is 1. The Bertz CT molecular complexity index is 681. The molecule has 0 atom stereocenters. The average molecular weight is 336 g/mol. The third-order valence-electron chi connectivity index (χ3n) is 2.79. The lowest BCUT2D eigenvalue weighted by atomic mass is 10.1. The minimum Gasteiger partial charge on any atom is -0.548 e. The van der Waals surface area contributed by atoms with Gasteiger partial charge in [0.2, 0.25) is 0 Å². The minimum atomic E-state index is -1.38. The van der Waals surface area contributed by atoms with E-state index in [1.54, 1.807) is 30.3 Å². The van der Waals surface area contributed by atoms with E-state index in [9.17, 15) is 19.5 Å². The van der Waals surface area contributed by atoms with E-state index in [-0.39, 0.29) is 4.32 Å². The van der Waals surface area contributed by atoms with Crippen LogP contribution in [0.4, 0.5) is 0 Å². The highest BCUT2D eigenvalue weighted by molar-refractivity contribution is 8.26. The van der Waals surface area contributed by atoms with Gasteiger partial charge < -0.3 is 14.6 Å². The van der Waals surface area contributed by atoms with Gasteiger partial charge in [-0.15, -0.1) is 0 Å². The van der Waals surface area contributed by atoms with Gasteiger partial charge in [0.05, 0.1) is 30.1 Å². The van der Waals surface area contributed by atoms with Crippen LogP contribution in [0, 0.1) is 0 Å². The summed E-state index contributed by atoms with van der Waals surface area (Å²) in [5, 5.41) is 10.6. The predicted octanol–water partition coefficient (Wildman–Crippen LogP) is 0.424. The zero-order valence-electron chi connectivity index (χ0n) is 11.4. The molecule has 0 N–H and O–H groups in total. The number of rotatable bonds is 4. The van der Waals surface area contributed by atoms with E-state index in [2.05, 4.69) is 4.74 Å². The van der Waals surface area contributed by atoms with Crippen molar-refractivity contribution in [1.29, 1.82) is 0 Å². The van der Waals surface area contributed by atoms with Crippen molar-refractivity contribution in [3.05, 3.63) is 40.3 Å². The lowest BCUT2D eigenvalue weighted by molar-refractivity contribution is -0.305. The van der Waals surface area contributed by atoms with Gasteiger partial charge in [0.25, 0.3) is 5.91 Å². The van der Waals surface area contributed by atoms with Crippen LogP contribution in [0.1, 0.15) is 15.9 Å². The van der Waals surface area contributed by atoms with Crippen molar-refractivity contribution in [3.8, 4) is 0 Å². The fourth-order valence-electron chi connectivity index (χ4n) is 1.75. The largest absolute Gasteiger partial charge is 0.548 e. The van der Waals surface area contributed by atoms with Crippen molar-refractivity contribution >= 4 is 52.2 Å². The number of thioether (sulfide) groups is 1. The highest BCUT2D eigenvalue weighted by atomic mass is 32.2. The molecule has 0 radical (unpaired) electrons. The monoisotopic (exact) mass is 336 g/mol. The summed E-state index contributed by atoms with van der Waals surface area (Å²) in [5.74, 6) is -2.30. The van der Waals surface area contributed by atoms with E-state index >= 15 is 0 Å². The number of carboxylic acids is 1. The van der Waals surface area contributed by atoms with E-state index < -0.39 is 24.4 Å². The van der Waals surface area contributed by atoms with Gasteiger partial charge >= 0.3 is 5.97 Å². The Hall–Kier alpha value is -2.19. The third kappa shape index (κ3) is 3.52. The highest BCUT2D eigenvalue weighted by Gasteiger charge is 2.31. The second-order valence-corrected chi connectivity index (χ2v) is 5.93. The number of hydrogen-bond acceptors (Lipinski definition) is 7. The van der Waals surface area contributed by atoms with E-state index in [1.807, 2.05) is 0 Å². The lowest BCUT2D eigenvalue weighted by Crippen LogP contribution is -2.40. The Morgan fingerprint density at radius 1 is 1.36 bits per heavy atom. The van der Waals surface area contributed by atoms with Gasteiger partial charge in [0.15, 0.2) is 0 Å². The second-order valence-electron chi connectivity index (χ2n) is 4.25. The molecular weight excluding hydrogens is 326 g/mol. The summed E-state index contributed by atoms with van der Waals surface area (Å²) in [7, 11) is 1.29. The average Bonchev–Trinajstić information content (AvgIpc) is 2.74. The van der Waals surface area contributed by atoms with Gasteiger partial charge in [-0.25, -0.2) is 4.79 Å². The molecule has 1 aromatic carbocycles. The molecule has 0 unspecified atom stereocenters. The van der Waals surface area contributed by atoms with Gasteiger partial charge in [0.1, 0.15) is 4.32 Å². The van der Waals surface area contributed by atoms with Crippen molar-refractivity contribution in [2.24, 2.45) is 0 Å². The minimum absolute atomic E-state index is 0.173. The zero-order chi connectivity index (χ0) is 16.3. The summed E-state index contributed by atoms with van der Waals surface area (Å²) < 4.78 is 4.77. The molecule has 0 spiro atoms. The molecule has 1 heterocycles. The van der Waals surface area contributed by atoms with Crippen molar-refractivity contribution in [2.45, 2.75) is 0 Å². The number of aliphatic carboxylic acids is 1. The maximum absolute atomic E-state index is 12.1. The normalized spacial score (nSPS) is 16.2. The first-order valence-corrected chi connectivity index (χ1v) is 7.28. The molecule has 0 bridgehead atoms. The van der Waals surface area contributed by atoms with Gasteiger partial charge in [-0.1, -0.05) is 36.1 Å². The van der Waals surface area contributed by atoms with Crippen LogP contribution >= 0.6 is 24.0 Å². The lowest BCUT2D eigenvalue weighted by Gasteiger charge is -2.14. The van der Waals surface area contributed by atoms with Crippen LogP contribution in [-0.2, 0) is 14.3 Å². The SMILES string of the molecule is COC(=O)c1ccc(C=C2SC(=S)N(CC(=O)[O-])C2=O)cc1. The standard InChI is InChI=1S/C14H11NO5S2/c1-20-13(19)9-4-2-8(3-5-9)6-10-12(18)15(7-11(16)17)14(21)22-10/h2-6H,7H2,1H3,(H,16,17)/p-1. The second kappa shape index (κ2) is 6.71. The number of carbonyl (C=O) groups excluding carboxylic acids is 3. The summed E-state index contributed by atoms with van der Waals surface area (Å²) >= 11 is 5.99.